The minimum atomic E-state index is 0.317. The molecule has 0 amide bonds. The number of nitrogens with one attached hydrogen (secondary N) is 1. The van der Waals surface area contributed by atoms with Gasteiger partial charge in [0.05, 0.1) is 0 Å². The zero-order valence-electron chi connectivity index (χ0n) is 9.01. The Morgan fingerprint density at radius 2 is 2.25 bits per heavy atom. The van der Waals surface area contributed by atoms with E-state index in [4.69, 9.17) is 4.74 Å². The minimum Gasteiger partial charge on any atom is -0.485 e. The normalized spacial score (nSPS) is 10.3. The summed E-state index contributed by atoms with van der Waals surface area (Å²) in [7, 11) is 1.90. The minimum absolute atomic E-state index is 0.317. The quantitative estimate of drug-likeness (QED) is 0.822. The molecule has 0 aliphatic rings. The van der Waals surface area contributed by atoms with Crippen LogP contribution in [0.5, 0.6) is 5.75 Å². The van der Waals surface area contributed by atoms with Gasteiger partial charge in [-0.15, -0.1) is 0 Å². The molecule has 0 fully saturated rings. The standard InChI is InChI=1S/C11H13N3O2/c1-12-6-9-4-2-3-5-10(9)15-7-11-13-8-16-14-11/h2-5,8,12H,6-7H2,1H3. The predicted molar refractivity (Wildman–Crippen MR) is 57.8 cm³/mol. The highest BCUT2D eigenvalue weighted by Gasteiger charge is 2.04. The molecule has 5 heteroatoms. The van der Waals surface area contributed by atoms with Crippen LogP contribution >= 0.6 is 0 Å². The molecule has 1 N–H and O–H groups in total. The van der Waals surface area contributed by atoms with Gasteiger partial charge in [-0.25, -0.2) is 0 Å². The molecule has 0 saturated heterocycles. The van der Waals surface area contributed by atoms with Gasteiger partial charge in [-0.05, 0) is 13.1 Å². The average Bonchev–Trinajstić information content (AvgIpc) is 2.81. The van der Waals surface area contributed by atoms with Crippen LogP contribution in [0.15, 0.2) is 35.2 Å². The summed E-state index contributed by atoms with van der Waals surface area (Å²) in [5, 5.41) is 6.77. The van der Waals surface area contributed by atoms with Crippen LogP contribution in [0.4, 0.5) is 0 Å². The van der Waals surface area contributed by atoms with Crippen molar-refractivity contribution in [1.29, 1.82) is 0 Å². The fraction of sp³-hybridized carbons (Fsp3) is 0.273. The third-order valence-electron chi connectivity index (χ3n) is 2.10. The highest BCUT2D eigenvalue weighted by atomic mass is 16.5. The van der Waals surface area contributed by atoms with E-state index in [1.165, 1.54) is 6.39 Å². The van der Waals surface area contributed by atoms with Gasteiger partial charge in [0.1, 0.15) is 5.75 Å². The molecule has 1 aromatic carbocycles. The van der Waals surface area contributed by atoms with Gasteiger partial charge in [0, 0.05) is 12.1 Å². The van der Waals surface area contributed by atoms with Gasteiger partial charge in [0.25, 0.3) is 0 Å². The van der Waals surface area contributed by atoms with Crippen molar-refractivity contribution in [3.8, 4) is 5.75 Å². The average molecular weight is 219 g/mol. The van der Waals surface area contributed by atoms with Gasteiger partial charge in [0.2, 0.25) is 12.2 Å². The molecule has 1 aromatic heterocycles. The van der Waals surface area contributed by atoms with Crippen LogP contribution in [0.25, 0.3) is 0 Å². The summed E-state index contributed by atoms with van der Waals surface area (Å²) in [6.45, 7) is 1.08. The lowest BCUT2D eigenvalue weighted by molar-refractivity contribution is 0.283. The maximum Gasteiger partial charge on any atom is 0.213 e. The van der Waals surface area contributed by atoms with E-state index in [-0.39, 0.29) is 0 Å². The summed E-state index contributed by atoms with van der Waals surface area (Å²) in [6.07, 6.45) is 1.29. The number of benzene rings is 1. The van der Waals surface area contributed by atoms with E-state index in [1.807, 2.05) is 31.3 Å². The van der Waals surface area contributed by atoms with Crippen molar-refractivity contribution >= 4 is 0 Å². The van der Waals surface area contributed by atoms with Crippen molar-refractivity contribution in [3.05, 3.63) is 42.0 Å². The van der Waals surface area contributed by atoms with Crippen molar-refractivity contribution < 1.29 is 9.26 Å². The lowest BCUT2D eigenvalue weighted by Gasteiger charge is -2.09. The van der Waals surface area contributed by atoms with Crippen LogP contribution in [-0.4, -0.2) is 17.2 Å². The van der Waals surface area contributed by atoms with Gasteiger partial charge in [-0.3, -0.25) is 0 Å². The molecule has 0 saturated carbocycles. The fourth-order valence-corrected chi connectivity index (χ4v) is 1.38. The summed E-state index contributed by atoms with van der Waals surface area (Å²) in [5.41, 5.74) is 1.11. The summed E-state index contributed by atoms with van der Waals surface area (Å²) in [4.78, 5) is 3.89. The monoisotopic (exact) mass is 219 g/mol. The van der Waals surface area contributed by atoms with Crippen molar-refractivity contribution in [2.45, 2.75) is 13.2 Å². The number of para-hydroxylation sites is 1. The number of aromatic nitrogens is 2. The van der Waals surface area contributed by atoms with Crippen LogP contribution in [-0.2, 0) is 13.2 Å². The van der Waals surface area contributed by atoms with Crippen molar-refractivity contribution in [3.63, 3.8) is 0 Å². The Kier molecular flexibility index (Phi) is 3.50. The van der Waals surface area contributed by atoms with Gasteiger partial charge in [-0.2, -0.15) is 4.98 Å². The molecule has 0 atom stereocenters. The maximum atomic E-state index is 5.61. The van der Waals surface area contributed by atoms with Gasteiger partial charge >= 0.3 is 0 Å². The van der Waals surface area contributed by atoms with E-state index in [2.05, 4.69) is 20.0 Å². The first kappa shape index (κ1) is 10.6. The number of ether oxygens (including phenoxy) is 1. The third kappa shape index (κ3) is 2.58. The fourth-order valence-electron chi connectivity index (χ4n) is 1.38. The second kappa shape index (κ2) is 5.27. The topological polar surface area (TPSA) is 60.2 Å². The van der Waals surface area contributed by atoms with Crippen LogP contribution in [0, 0.1) is 0 Å². The predicted octanol–water partition coefficient (Wildman–Crippen LogP) is 1.37. The second-order valence-electron chi connectivity index (χ2n) is 3.27. The van der Waals surface area contributed by atoms with Gasteiger partial charge < -0.3 is 14.6 Å². The smallest absolute Gasteiger partial charge is 0.213 e. The Labute approximate surface area is 93.4 Å². The molecule has 2 aromatic rings. The highest BCUT2D eigenvalue weighted by Crippen LogP contribution is 2.18. The molecule has 0 aliphatic heterocycles. The van der Waals surface area contributed by atoms with Crippen LogP contribution in [0.2, 0.25) is 0 Å². The molecule has 84 valence electrons. The number of rotatable bonds is 5. The Balaban J connectivity index is 2.03. The van der Waals surface area contributed by atoms with Crippen molar-refractivity contribution in [1.82, 2.24) is 15.5 Å². The molecule has 0 aliphatic carbocycles. The summed E-state index contributed by atoms with van der Waals surface area (Å²) in [6, 6.07) is 7.85. The molecule has 0 radical (unpaired) electrons. The van der Waals surface area contributed by atoms with Gasteiger partial charge in [0.15, 0.2) is 6.61 Å². The van der Waals surface area contributed by atoms with Crippen LogP contribution < -0.4 is 10.1 Å². The van der Waals surface area contributed by atoms with E-state index in [0.717, 1.165) is 17.9 Å². The van der Waals surface area contributed by atoms with E-state index in [9.17, 15) is 0 Å². The molecule has 5 nitrogen and oxygen atoms in total. The first-order valence-corrected chi connectivity index (χ1v) is 5.00. The highest BCUT2D eigenvalue weighted by molar-refractivity contribution is 5.33. The Bertz CT molecular complexity index is 429. The molecule has 2 rings (SSSR count). The third-order valence-corrected chi connectivity index (χ3v) is 2.10. The first-order chi connectivity index (χ1) is 7.90. The lowest BCUT2D eigenvalue weighted by atomic mass is 10.2. The zero-order chi connectivity index (χ0) is 11.2. The zero-order valence-corrected chi connectivity index (χ0v) is 9.01. The van der Waals surface area contributed by atoms with E-state index in [1.54, 1.807) is 0 Å². The summed E-state index contributed by atoms with van der Waals surface area (Å²) < 4.78 is 10.2. The van der Waals surface area contributed by atoms with Crippen LogP contribution in [0.3, 0.4) is 0 Å². The molecular formula is C11H13N3O2. The Morgan fingerprint density at radius 3 is 3.00 bits per heavy atom. The summed E-state index contributed by atoms with van der Waals surface area (Å²) in [5.74, 6) is 1.38. The van der Waals surface area contributed by atoms with E-state index >= 15 is 0 Å². The van der Waals surface area contributed by atoms with Crippen molar-refractivity contribution in [2.24, 2.45) is 0 Å². The Morgan fingerprint density at radius 1 is 1.38 bits per heavy atom. The molecule has 0 bridgehead atoms. The lowest BCUT2D eigenvalue weighted by Crippen LogP contribution is -2.07. The first-order valence-electron chi connectivity index (χ1n) is 5.00. The number of nitrogens with zero attached hydrogens (tertiary/aromatic N) is 2. The Hall–Kier alpha value is -1.88. The van der Waals surface area contributed by atoms with E-state index < -0.39 is 0 Å². The van der Waals surface area contributed by atoms with Crippen LogP contribution in [0.1, 0.15) is 11.4 Å². The van der Waals surface area contributed by atoms with Crippen molar-refractivity contribution in [2.75, 3.05) is 7.05 Å². The van der Waals surface area contributed by atoms with Gasteiger partial charge in [-0.1, -0.05) is 23.4 Å². The molecule has 1 heterocycles. The SMILES string of the molecule is CNCc1ccccc1OCc1ncon1. The maximum absolute atomic E-state index is 5.61. The molecule has 0 unspecified atom stereocenters. The molecule has 0 spiro atoms. The van der Waals surface area contributed by atoms with E-state index in [0.29, 0.717) is 12.4 Å². The molecular weight excluding hydrogens is 206 g/mol. The molecule has 16 heavy (non-hydrogen) atoms. The second-order valence-corrected chi connectivity index (χ2v) is 3.27. The largest absolute Gasteiger partial charge is 0.485 e. The number of hydrogen-bond acceptors (Lipinski definition) is 5. The number of hydrogen-bond donors (Lipinski definition) is 1. The summed E-state index contributed by atoms with van der Waals surface area (Å²) >= 11 is 0.